The first kappa shape index (κ1) is 15.1. The Morgan fingerprint density at radius 1 is 1.28 bits per heavy atom. The van der Waals surface area contributed by atoms with Gasteiger partial charge in [0.25, 0.3) is 0 Å². The molecule has 18 heavy (non-hydrogen) atoms. The fourth-order valence-electron chi connectivity index (χ4n) is 1.25. The number of pyridine rings is 1. The van der Waals surface area contributed by atoms with Gasteiger partial charge in [-0.25, -0.2) is 4.98 Å². The van der Waals surface area contributed by atoms with Gasteiger partial charge < -0.3 is 5.32 Å². The number of alkyl halides is 3. The van der Waals surface area contributed by atoms with E-state index >= 15 is 0 Å². The van der Waals surface area contributed by atoms with Crippen LogP contribution in [0.3, 0.4) is 0 Å². The first-order valence-electron chi connectivity index (χ1n) is 5.69. The van der Waals surface area contributed by atoms with E-state index in [0.717, 1.165) is 12.1 Å². The van der Waals surface area contributed by atoms with E-state index in [1.807, 2.05) is 6.92 Å². The molecule has 2 nitrogen and oxygen atoms in total. The Bertz CT molecular complexity index is 405. The second-order valence-corrected chi connectivity index (χ2v) is 5.05. The molecule has 1 rings (SSSR count). The molecule has 1 heterocycles. The van der Waals surface area contributed by atoms with Crippen LogP contribution >= 0.6 is 11.6 Å². The summed E-state index contributed by atoms with van der Waals surface area (Å²) in [6.45, 7) is 6.69. The lowest BCUT2D eigenvalue weighted by Gasteiger charge is -2.17. The van der Waals surface area contributed by atoms with Crippen LogP contribution in [0, 0.1) is 11.8 Å². The number of hydrogen-bond acceptors (Lipinski definition) is 2. The van der Waals surface area contributed by atoms with Crippen molar-refractivity contribution in [2.24, 2.45) is 11.8 Å². The number of rotatable bonds is 4. The van der Waals surface area contributed by atoms with Gasteiger partial charge >= 0.3 is 6.18 Å². The maximum atomic E-state index is 12.6. The third-order valence-corrected chi connectivity index (χ3v) is 3.06. The highest BCUT2D eigenvalue weighted by Crippen LogP contribution is 2.32. The van der Waals surface area contributed by atoms with Crippen molar-refractivity contribution in [1.82, 2.24) is 4.98 Å². The Labute approximate surface area is 110 Å². The predicted molar refractivity (Wildman–Crippen MR) is 66.7 cm³/mol. The summed E-state index contributed by atoms with van der Waals surface area (Å²) in [5.41, 5.74) is -0.790. The van der Waals surface area contributed by atoms with Crippen LogP contribution in [-0.4, -0.2) is 11.5 Å². The average molecular weight is 281 g/mol. The summed E-state index contributed by atoms with van der Waals surface area (Å²) in [4.78, 5) is 3.83. The van der Waals surface area contributed by atoms with Crippen LogP contribution in [0.25, 0.3) is 0 Å². The third-order valence-electron chi connectivity index (χ3n) is 2.86. The van der Waals surface area contributed by atoms with Gasteiger partial charge in [-0.1, -0.05) is 32.4 Å². The Balaban J connectivity index is 2.81. The Morgan fingerprint density at radius 2 is 1.89 bits per heavy atom. The van der Waals surface area contributed by atoms with E-state index in [1.165, 1.54) is 0 Å². The van der Waals surface area contributed by atoms with Crippen molar-refractivity contribution in [3.63, 3.8) is 0 Å². The molecule has 0 aliphatic heterocycles. The lowest BCUT2D eigenvalue weighted by Crippen LogP contribution is -2.17. The second-order valence-electron chi connectivity index (χ2n) is 4.66. The fraction of sp³-hybridized carbons (Fsp3) is 0.583. The zero-order valence-corrected chi connectivity index (χ0v) is 11.2. The number of nitrogens with zero attached hydrogens (tertiary/aromatic N) is 1. The van der Waals surface area contributed by atoms with Gasteiger partial charge in [-0.3, -0.25) is 0 Å². The lowest BCUT2D eigenvalue weighted by molar-refractivity contribution is -0.137. The van der Waals surface area contributed by atoms with Gasteiger partial charge in [-0.2, -0.15) is 13.2 Å². The lowest BCUT2D eigenvalue weighted by atomic mass is 9.98. The minimum Gasteiger partial charge on any atom is -0.370 e. The highest BCUT2D eigenvalue weighted by atomic mass is 35.5. The summed E-state index contributed by atoms with van der Waals surface area (Å²) in [6.07, 6.45) is -4.41. The molecule has 102 valence electrons. The van der Waals surface area contributed by atoms with Crippen molar-refractivity contribution < 1.29 is 13.2 Å². The Kier molecular flexibility index (Phi) is 4.85. The van der Waals surface area contributed by atoms with Gasteiger partial charge in [0.15, 0.2) is 0 Å². The molecule has 0 saturated heterocycles. The average Bonchev–Trinajstić information content (AvgIpc) is 2.23. The predicted octanol–water partition coefficient (Wildman–Crippen LogP) is 4.46. The second kappa shape index (κ2) is 5.78. The van der Waals surface area contributed by atoms with E-state index in [9.17, 15) is 13.2 Å². The molecule has 1 atom stereocenters. The number of halogens is 4. The van der Waals surface area contributed by atoms with Gasteiger partial charge in [-0.05, 0) is 24.0 Å². The summed E-state index contributed by atoms with van der Waals surface area (Å²) < 4.78 is 37.7. The SMILES string of the molecule is CC(C)C(C)CNc1cc(C(F)(F)F)cc(Cl)n1. The first-order valence-corrected chi connectivity index (χ1v) is 6.06. The Hall–Kier alpha value is -0.970. The third kappa shape index (κ3) is 4.37. The van der Waals surface area contributed by atoms with Crippen molar-refractivity contribution >= 4 is 17.4 Å². The molecule has 0 radical (unpaired) electrons. The monoisotopic (exact) mass is 280 g/mol. The minimum atomic E-state index is -4.41. The molecule has 0 aromatic carbocycles. The maximum Gasteiger partial charge on any atom is 0.416 e. The standard InChI is InChI=1S/C12H16ClF3N2/c1-7(2)8(3)6-17-11-5-9(12(14,15)16)4-10(13)18-11/h4-5,7-8H,6H2,1-3H3,(H,17,18). The van der Waals surface area contributed by atoms with Crippen LogP contribution in [0.2, 0.25) is 5.15 Å². The largest absolute Gasteiger partial charge is 0.416 e. The summed E-state index contributed by atoms with van der Waals surface area (Å²) in [6, 6.07) is 1.79. The maximum absolute atomic E-state index is 12.6. The van der Waals surface area contributed by atoms with Crippen molar-refractivity contribution in [1.29, 1.82) is 0 Å². The van der Waals surface area contributed by atoms with Gasteiger partial charge in [0.2, 0.25) is 0 Å². The van der Waals surface area contributed by atoms with Crippen LogP contribution in [-0.2, 0) is 6.18 Å². The molecule has 1 unspecified atom stereocenters. The van der Waals surface area contributed by atoms with E-state index < -0.39 is 11.7 Å². The van der Waals surface area contributed by atoms with E-state index in [1.54, 1.807) is 0 Å². The van der Waals surface area contributed by atoms with Crippen molar-refractivity contribution in [3.8, 4) is 0 Å². The minimum absolute atomic E-state index is 0.155. The van der Waals surface area contributed by atoms with Gasteiger partial charge in [0, 0.05) is 6.54 Å². The first-order chi connectivity index (χ1) is 8.20. The highest BCUT2D eigenvalue weighted by Gasteiger charge is 2.31. The Morgan fingerprint density at radius 3 is 2.39 bits per heavy atom. The molecule has 1 N–H and O–H groups in total. The molecular formula is C12H16ClF3N2. The van der Waals surface area contributed by atoms with Crippen LogP contribution in [0.5, 0.6) is 0 Å². The van der Waals surface area contributed by atoms with E-state index in [4.69, 9.17) is 11.6 Å². The molecule has 1 aromatic heterocycles. The smallest absolute Gasteiger partial charge is 0.370 e. The zero-order valence-electron chi connectivity index (χ0n) is 10.5. The number of anilines is 1. The van der Waals surface area contributed by atoms with Gasteiger partial charge in [0.05, 0.1) is 5.56 Å². The van der Waals surface area contributed by atoms with Crippen molar-refractivity contribution in [3.05, 3.63) is 22.8 Å². The normalized spacial score (nSPS) is 13.8. The molecule has 0 fully saturated rings. The number of hydrogen-bond donors (Lipinski definition) is 1. The van der Waals surface area contributed by atoms with E-state index in [0.29, 0.717) is 18.4 Å². The van der Waals surface area contributed by atoms with Gasteiger partial charge in [0.1, 0.15) is 11.0 Å². The molecule has 6 heteroatoms. The topological polar surface area (TPSA) is 24.9 Å². The molecule has 1 aromatic rings. The molecule has 0 bridgehead atoms. The zero-order chi connectivity index (χ0) is 13.9. The fourth-order valence-corrected chi connectivity index (χ4v) is 1.46. The summed E-state index contributed by atoms with van der Waals surface area (Å²) in [7, 11) is 0. The molecule has 0 amide bonds. The summed E-state index contributed by atoms with van der Waals surface area (Å²) in [5, 5.41) is 2.72. The van der Waals surface area contributed by atoms with E-state index in [2.05, 4.69) is 24.1 Å². The van der Waals surface area contributed by atoms with Gasteiger partial charge in [-0.15, -0.1) is 0 Å². The number of aromatic nitrogens is 1. The molecule has 0 aliphatic rings. The van der Waals surface area contributed by atoms with E-state index in [-0.39, 0.29) is 11.0 Å². The molecule has 0 saturated carbocycles. The molecule has 0 spiro atoms. The van der Waals surface area contributed by atoms with Crippen LogP contribution in [0.4, 0.5) is 19.0 Å². The highest BCUT2D eigenvalue weighted by molar-refractivity contribution is 6.29. The summed E-state index contributed by atoms with van der Waals surface area (Å²) >= 11 is 5.58. The van der Waals surface area contributed by atoms with Crippen molar-refractivity contribution in [2.75, 3.05) is 11.9 Å². The van der Waals surface area contributed by atoms with Crippen molar-refractivity contribution in [2.45, 2.75) is 26.9 Å². The molecular weight excluding hydrogens is 265 g/mol. The summed E-state index contributed by atoms with van der Waals surface area (Å²) in [5.74, 6) is 0.932. The van der Waals surface area contributed by atoms with Crippen LogP contribution in [0.15, 0.2) is 12.1 Å². The number of nitrogens with one attached hydrogen (secondary N) is 1. The van der Waals surface area contributed by atoms with Crippen LogP contribution in [0.1, 0.15) is 26.3 Å². The quantitative estimate of drug-likeness (QED) is 0.824. The molecule has 0 aliphatic carbocycles. The van der Waals surface area contributed by atoms with Crippen LogP contribution < -0.4 is 5.32 Å².